The maximum atomic E-state index is 14.0. The summed E-state index contributed by atoms with van der Waals surface area (Å²) in [6.07, 6.45) is 1.46. The third-order valence-electron chi connectivity index (χ3n) is 7.29. The van der Waals surface area contributed by atoms with Gasteiger partial charge in [-0.05, 0) is 56.0 Å². The Bertz CT molecular complexity index is 1480. The quantitative estimate of drug-likeness (QED) is 0.347. The van der Waals surface area contributed by atoms with Gasteiger partial charge in [0.1, 0.15) is 17.9 Å². The van der Waals surface area contributed by atoms with Crippen molar-refractivity contribution < 1.29 is 23.5 Å². The lowest BCUT2D eigenvalue weighted by Crippen LogP contribution is -2.61. The predicted octanol–water partition coefficient (Wildman–Crippen LogP) is 5.29. The van der Waals surface area contributed by atoms with Crippen LogP contribution in [0, 0.1) is 6.92 Å². The molecule has 0 saturated carbocycles. The molecule has 38 heavy (non-hydrogen) atoms. The minimum Gasteiger partial charge on any atom is -0.496 e. The third-order valence-corrected chi connectivity index (χ3v) is 7.29. The van der Waals surface area contributed by atoms with Gasteiger partial charge < -0.3 is 24.1 Å². The van der Waals surface area contributed by atoms with E-state index < -0.39 is 5.54 Å². The molecule has 1 aliphatic rings. The maximum absolute atomic E-state index is 14.0. The van der Waals surface area contributed by atoms with E-state index in [1.165, 1.54) is 11.1 Å². The minimum atomic E-state index is -1.26. The van der Waals surface area contributed by atoms with Gasteiger partial charge in [-0.15, -0.1) is 0 Å². The van der Waals surface area contributed by atoms with Gasteiger partial charge in [0, 0.05) is 18.7 Å². The molecule has 3 aromatic carbocycles. The SMILES string of the molecule is COc1ccccc1CNC(=O)C1(C)COc2c(oc3ccccc23)C(=O)N1CCCc1ccccc1C. The summed E-state index contributed by atoms with van der Waals surface area (Å²) in [4.78, 5) is 29.3. The first-order chi connectivity index (χ1) is 18.4. The number of carbonyl (C=O) groups excluding carboxylic acids is 2. The highest BCUT2D eigenvalue weighted by Gasteiger charge is 2.47. The lowest BCUT2D eigenvalue weighted by atomic mass is 9.97. The zero-order valence-electron chi connectivity index (χ0n) is 22.0. The van der Waals surface area contributed by atoms with Crippen molar-refractivity contribution in [1.29, 1.82) is 0 Å². The number of rotatable bonds is 8. The van der Waals surface area contributed by atoms with Crippen molar-refractivity contribution in [3.63, 3.8) is 0 Å². The first kappa shape index (κ1) is 25.4. The van der Waals surface area contributed by atoms with Crippen LogP contribution in [0.2, 0.25) is 0 Å². The molecule has 1 atom stereocenters. The van der Waals surface area contributed by atoms with Crippen molar-refractivity contribution >= 4 is 22.8 Å². The molecule has 5 rings (SSSR count). The molecule has 0 bridgehead atoms. The Balaban J connectivity index is 1.43. The minimum absolute atomic E-state index is 0.00259. The standard InChI is InChI=1S/C31H32N2O5/c1-21-11-4-5-12-22(21)14-10-18-33-29(34)28-27(24-15-7-9-17-26(24)38-28)37-20-31(33,2)30(35)32-19-23-13-6-8-16-25(23)36-3/h4-9,11-13,15-17H,10,14,18-20H2,1-3H3,(H,32,35). The van der Waals surface area contributed by atoms with Gasteiger partial charge in [-0.2, -0.15) is 0 Å². The van der Waals surface area contributed by atoms with Crippen LogP contribution in [0.5, 0.6) is 11.5 Å². The van der Waals surface area contributed by atoms with Crippen molar-refractivity contribution in [2.45, 2.75) is 38.8 Å². The molecule has 4 aromatic rings. The van der Waals surface area contributed by atoms with Crippen molar-refractivity contribution in [3.05, 3.63) is 95.2 Å². The number of hydrogen-bond acceptors (Lipinski definition) is 5. The fraction of sp³-hybridized carbons (Fsp3) is 0.290. The van der Waals surface area contributed by atoms with Crippen molar-refractivity contribution in [3.8, 4) is 11.5 Å². The Labute approximate surface area is 222 Å². The van der Waals surface area contributed by atoms with Crippen molar-refractivity contribution in [2.75, 3.05) is 20.3 Å². The molecule has 2 heterocycles. The predicted molar refractivity (Wildman–Crippen MR) is 145 cm³/mol. The van der Waals surface area contributed by atoms with Crippen LogP contribution in [0.4, 0.5) is 0 Å². The molecule has 2 amide bonds. The molecule has 0 saturated heterocycles. The lowest BCUT2D eigenvalue weighted by Gasteiger charge is -2.37. The molecule has 7 nitrogen and oxygen atoms in total. The number of para-hydroxylation sites is 2. The number of amides is 2. The summed E-state index contributed by atoms with van der Waals surface area (Å²) in [6, 6.07) is 23.1. The number of nitrogens with zero attached hydrogens (tertiary/aromatic N) is 1. The number of carbonyl (C=O) groups is 2. The van der Waals surface area contributed by atoms with Gasteiger partial charge in [0.05, 0.1) is 12.5 Å². The van der Waals surface area contributed by atoms with E-state index >= 15 is 0 Å². The monoisotopic (exact) mass is 512 g/mol. The van der Waals surface area contributed by atoms with Crippen molar-refractivity contribution in [2.24, 2.45) is 0 Å². The van der Waals surface area contributed by atoms with Gasteiger partial charge in [0.2, 0.25) is 11.7 Å². The number of fused-ring (bicyclic) bond motifs is 3. The molecule has 0 aliphatic carbocycles. The highest BCUT2D eigenvalue weighted by Crippen LogP contribution is 2.38. The van der Waals surface area contributed by atoms with E-state index in [4.69, 9.17) is 13.9 Å². The van der Waals surface area contributed by atoms with E-state index in [1.807, 2.05) is 60.7 Å². The van der Waals surface area contributed by atoms with Crippen LogP contribution in [0.25, 0.3) is 11.0 Å². The molecule has 0 spiro atoms. The Hall–Kier alpha value is -4.26. The van der Waals surface area contributed by atoms with Gasteiger partial charge in [-0.3, -0.25) is 9.59 Å². The topological polar surface area (TPSA) is 81.0 Å². The number of nitrogens with one attached hydrogen (secondary N) is 1. The summed E-state index contributed by atoms with van der Waals surface area (Å²) in [6.45, 7) is 4.46. The number of benzene rings is 3. The fourth-order valence-corrected chi connectivity index (χ4v) is 5.01. The molecular weight excluding hydrogens is 480 g/mol. The van der Waals surface area contributed by atoms with E-state index in [9.17, 15) is 9.59 Å². The normalized spacial score (nSPS) is 17.0. The van der Waals surface area contributed by atoms with Gasteiger partial charge in [-0.1, -0.05) is 54.6 Å². The van der Waals surface area contributed by atoms with Crippen LogP contribution in [-0.4, -0.2) is 42.5 Å². The summed E-state index contributed by atoms with van der Waals surface area (Å²) in [5.41, 5.74) is 2.59. The highest BCUT2D eigenvalue weighted by molar-refractivity contribution is 6.04. The first-order valence-electron chi connectivity index (χ1n) is 12.8. The largest absolute Gasteiger partial charge is 0.496 e. The summed E-state index contributed by atoms with van der Waals surface area (Å²) in [7, 11) is 1.60. The van der Waals surface area contributed by atoms with Crippen LogP contribution in [0.1, 0.15) is 40.6 Å². The molecule has 1 N–H and O–H groups in total. The summed E-state index contributed by atoms with van der Waals surface area (Å²) >= 11 is 0. The Morgan fingerprint density at radius 3 is 2.53 bits per heavy atom. The van der Waals surface area contributed by atoms with Gasteiger partial charge in [0.25, 0.3) is 5.91 Å². The van der Waals surface area contributed by atoms with Crippen LogP contribution in [-0.2, 0) is 17.8 Å². The number of aryl methyl sites for hydroxylation is 2. The van der Waals surface area contributed by atoms with E-state index in [0.29, 0.717) is 30.0 Å². The molecule has 196 valence electrons. The summed E-state index contributed by atoms with van der Waals surface area (Å²) in [5, 5.41) is 3.73. The average Bonchev–Trinajstić information content (AvgIpc) is 3.27. The van der Waals surface area contributed by atoms with Gasteiger partial charge in [0.15, 0.2) is 11.3 Å². The molecule has 1 aliphatic heterocycles. The molecular formula is C31H32N2O5. The molecule has 0 radical (unpaired) electrons. The second-order valence-electron chi connectivity index (χ2n) is 9.80. The smallest absolute Gasteiger partial charge is 0.294 e. The van der Waals surface area contributed by atoms with Crippen LogP contribution >= 0.6 is 0 Å². The molecule has 0 fully saturated rings. The van der Waals surface area contributed by atoms with Crippen LogP contribution in [0.3, 0.4) is 0 Å². The summed E-state index contributed by atoms with van der Waals surface area (Å²) in [5.74, 6) is 0.543. The third kappa shape index (κ3) is 4.72. The number of methoxy groups -OCH3 is 1. The average molecular weight is 513 g/mol. The van der Waals surface area contributed by atoms with Crippen LogP contribution in [0.15, 0.2) is 77.2 Å². The Morgan fingerprint density at radius 1 is 1.03 bits per heavy atom. The zero-order chi connectivity index (χ0) is 26.7. The Kier molecular flexibility index (Phi) is 7.09. The van der Waals surface area contributed by atoms with E-state index in [1.54, 1.807) is 18.9 Å². The second-order valence-corrected chi connectivity index (χ2v) is 9.80. The van der Waals surface area contributed by atoms with Gasteiger partial charge in [-0.25, -0.2) is 0 Å². The highest BCUT2D eigenvalue weighted by atomic mass is 16.5. The summed E-state index contributed by atoms with van der Waals surface area (Å²) < 4.78 is 17.6. The first-order valence-corrected chi connectivity index (χ1v) is 12.8. The Morgan fingerprint density at radius 2 is 1.74 bits per heavy atom. The van der Waals surface area contributed by atoms with Gasteiger partial charge >= 0.3 is 0 Å². The number of ether oxygens (including phenoxy) is 2. The number of furan rings is 1. The van der Waals surface area contributed by atoms with E-state index in [0.717, 1.165) is 17.4 Å². The van der Waals surface area contributed by atoms with E-state index in [2.05, 4.69) is 24.4 Å². The fourth-order valence-electron chi connectivity index (χ4n) is 5.01. The maximum Gasteiger partial charge on any atom is 0.294 e. The lowest BCUT2D eigenvalue weighted by molar-refractivity contribution is -0.133. The molecule has 7 heteroatoms. The zero-order valence-corrected chi connectivity index (χ0v) is 22.0. The second kappa shape index (κ2) is 10.6. The van der Waals surface area contributed by atoms with Crippen LogP contribution < -0.4 is 14.8 Å². The van der Waals surface area contributed by atoms with Crippen molar-refractivity contribution in [1.82, 2.24) is 10.2 Å². The number of hydrogen-bond donors (Lipinski definition) is 1. The molecule has 1 aromatic heterocycles. The van der Waals surface area contributed by atoms with E-state index in [-0.39, 0.29) is 30.7 Å². The molecule has 1 unspecified atom stereocenters.